The van der Waals surface area contributed by atoms with Crippen molar-refractivity contribution in [3.63, 3.8) is 0 Å². The van der Waals surface area contributed by atoms with Gasteiger partial charge in [-0.25, -0.2) is 5.43 Å². The van der Waals surface area contributed by atoms with Crippen LogP contribution >= 0.6 is 34.8 Å². The number of rotatable bonds is 5. The van der Waals surface area contributed by atoms with E-state index < -0.39 is 0 Å². The van der Waals surface area contributed by atoms with Gasteiger partial charge in [-0.05, 0) is 29.8 Å². The lowest BCUT2D eigenvalue weighted by Crippen LogP contribution is -2.29. The zero-order chi connectivity index (χ0) is 21.1. The number of hydrogen-bond donors (Lipinski definition) is 2. The van der Waals surface area contributed by atoms with E-state index >= 15 is 0 Å². The molecule has 0 radical (unpaired) electrons. The molecule has 0 aliphatic carbocycles. The van der Waals surface area contributed by atoms with Crippen LogP contribution in [0, 0.1) is 5.92 Å². The summed E-state index contributed by atoms with van der Waals surface area (Å²) in [6.07, 6.45) is -0.0374. The molecule has 0 bridgehead atoms. The predicted octanol–water partition coefficient (Wildman–Crippen LogP) is 4.23. The van der Waals surface area contributed by atoms with Gasteiger partial charge in [-0.1, -0.05) is 46.9 Å². The van der Waals surface area contributed by atoms with Gasteiger partial charge in [0.15, 0.2) is 0 Å². The third-order valence-electron chi connectivity index (χ3n) is 5.04. The first kappa shape index (κ1) is 21.4. The molecule has 2 aromatic rings. The number of nitrogens with one attached hydrogen (secondary N) is 2. The SMILES string of the molecule is O=C1CC(c2c(Cl)cccc2OC[C@@H]2CNCCO[C@H]2c2ccc(Cl)c(Cl)c2)=NN1. The number of hydrazone groups is 1. The Labute approximate surface area is 189 Å². The number of amides is 1. The summed E-state index contributed by atoms with van der Waals surface area (Å²) >= 11 is 18.7. The molecule has 2 N–H and O–H groups in total. The minimum atomic E-state index is -0.204. The largest absolute Gasteiger partial charge is 0.492 e. The van der Waals surface area contributed by atoms with E-state index in [9.17, 15) is 4.79 Å². The molecule has 0 aromatic heterocycles. The Kier molecular flexibility index (Phi) is 6.80. The first-order chi connectivity index (χ1) is 14.5. The zero-order valence-electron chi connectivity index (χ0n) is 16.0. The van der Waals surface area contributed by atoms with Crippen LogP contribution in [0.4, 0.5) is 0 Å². The zero-order valence-corrected chi connectivity index (χ0v) is 18.2. The average Bonchev–Trinajstić information content (AvgIpc) is 3.01. The van der Waals surface area contributed by atoms with Crippen molar-refractivity contribution in [1.82, 2.24) is 10.7 Å². The van der Waals surface area contributed by atoms with Crippen LogP contribution in [0.25, 0.3) is 0 Å². The van der Waals surface area contributed by atoms with E-state index in [1.165, 1.54) is 0 Å². The van der Waals surface area contributed by atoms with Gasteiger partial charge in [-0.3, -0.25) is 4.79 Å². The van der Waals surface area contributed by atoms with E-state index in [4.69, 9.17) is 44.3 Å². The summed E-state index contributed by atoms with van der Waals surface area (Å²) in [6.45, 7) is 2.41. The molecule has 2 aliphatic heterocycles. The molecule has 2 atom stereocenters. The third kappa shape index (κ3) is 4.74. The molecule has 2 aliphatic rings. The quantitative estimate of drug-likeness (QED) is 0.689. The summed E-state index contributed by atoms with van der Waals surface area (Å²) in [4.78, 5) is 11.6. The highest BCUT2D eigenvalue weighted by Gasteiger charge is 2.29. The maximum absolute atomic E-state index is 11.6. The van der Waals surface area contributed by atoms with Crippen LogP contribution in [0.15, 0.2) is 41.5 Å². The monoisotopic (exact) mass is 467 g/mol. The highest BCUT2D eigenvalue weighted by Crippen LogP contribution is 2.34. The number of carbonyl (C=O) groups excluding carboxylic acids is 1. The number of carbonyl (C=O) groups is 1. The second-order valence-electron chi connectivity index (χ2n) is 7.12. The van der Waals surface area contributed by atoms with Crippen LogP contribution in [0.1, 0.15) is 23.7 Å². The van der Waals surface area contributed by atoms with Crippen molar-refractivity contribution in [3.05, 3.63) is 62.6 Å². The van der Waals surface area contributed by atoms with Gasteiger partial charge < -0.3 is 14.8 Å². The Morgan fingerprint density at radius 2 is 2.00 bits per heavy atom. The van der Waals surface area contributed by atoms with Crippen LogP contribution < -0.4 is 15.5 Å². The fraction of sp³-hybridized carbons (Fsp3) is 0.333. The summed E-state index contributed by atoms with van der Waals surface area (Å²) in [5, 5.41) is 8.94. The minimum absolute atomic E-state index is 0.0156. The van der Waals surface area contributed by atoms with Gasteiger partial charge in [-0.15, -0.1) is 0 Å². The van der Waals surface area contributed by atoms with Crippen molar-refractivity contribution in [2.24, 2.45) is 11.0 Å². The highest BCUT2D eigenvalue weighted by atomic mass is 35.5. The Morgan fingerprint density at radius 3 is 2.77 bits per heavy atom. The molecule has 1 saturated heterocycles. The lowest BCUT2D eigenvalue weighted by atomic mass is 9.96. The standard InChI is InChI=1S/C21H20Cl3N3O3/c22-14-5-4-12(8-16(14)24)21-13(10-25-6-7-29-21)11-30-18-3-1-2-15(23)20(18)17-9-19(28)27-26-17/h1-5,8,13,21,25H,6-7,9-11H2,(H,27,28)/t13-,21-/m0/s1. The molecule has 0 spiro atoms. The second-order valence-corrected chi connectivity index (χ2v) is 8.34. The molecule has 6 nitrogen and oxygen atoms in total. The number of hydrogen-bond acceptors (Lipinski definition) is 5. The van der Waals surface area contributed by atoms with Gasteiger partial charge in [-0.2, -0.15) is 5.10 Å². The molecule has 2 aromatic carbocycles. The summed E-state index contributed by atoms with van der Waals surface area (Å²) in [5.74, 6) is 0.425. The van der Waals surface area contributed by atoms with Crippen LogP contribution in [0.2, 0.25) is 15.1 Å². The fourth-order valence-corrected chi connectivity index (χ4v) is 4.18. The first-order valence-corrected chi connectivity index (χ1v) is 10.7. The van der Waals surface area contributed by atoms with E-state index in [2.05, 4.69) is 15.8 Å². The molecule has 4 rings (SSSR count). The van der Waals surface area contributed by atoms with E-state index in [-0.39, 0.29) is 24.3 Å². The van der Waals surface area contributed by atoms with Gasteiger partial charge in [0.1, 0.15) is 5.75 Å². The molecule has 1 amide bonds. The molecule has 2 heterocycles. The van der Waals surface area contributed by atoms with Crippen molar-refractivity contribution in [2.75, 3.05) is 26.3 Å². The van der Waals surface area contributed by atoms with Gasteiger partial charge in [0, 0.05) is 19.0 Å². The highest BCUT2D eigenvalue weighted by molar-refractivity contribution is 6.42. The normalized spacial score (nSPS) is 21.7. The van der Waals surface area contributed by atoms with Crippen molar-refractivity contribution in [3.8, 4) is 5.75 Å². The van der Waals surface area contributed by atoms with Crippen LogP contribution in [-0.2, 0) is 9.53 Å². The lowest BCUT2D eigenvalue weighted by Gasteiger charge is -2.26. The van der Waals surface area contributed by atoms with Crippen molar-refractivity contribution < 1.29 is 14.3 Å². The summed E-state index contributed by atoms with van der Waals surface area (Å²) in [5.41, 5.74) is 4.60. The maximum Gasteiger partial charge on any atom is 0.246 e. The number of benzene rings is 2. The number of ether oxygens (including phenoxy) is 2. The van der Waals surface area contributed by atoms with E-state index in [1.807, 2.05) is 24.3 Å². The van der Waals surface area contributed by atoms with Gasteiger partial charge in [0.25, 0.3) is 0 Å². The van der Waals surface area contributed by atoms with Gasteiger partial charge >= 0.3 is 0 Å². The molecular formula is C21H20Cl3N3O3. The van der Waals surface area contributed by atoms with E-state index in [0.29, 0.717) is 51.9 Å². The molecular weight excluding hydrogens is 449 g/mol. The maximum atomic E-state index is 11.6. The summed E-state index contributed by atoms with van der Waals surface area (Å²) < 4.78 is 12.3. The number of halogens is 3. The van der Waals surface area contributed by atoms with Gasteiger partial charge in [0.2, 0.25) is 5.91 Å². The van der Waals surface area contributed by atoms with E-state index in [1.54, 1.807) is 12.1 Å². The lowest BCUT2D eigenvalue weighted by molar-refractivity contribution is -0.119. The van der Waals surface area contributed by atoms with E-state index in [0.717, 1.165) is 12.1 Å². The molecule has 158 valence electrons. The molecule has 30 heavy (non-hydrogen) atoms. The molecule has 0 saturated carbocycles. The smallest absolute Gasteiger partial charge is 0.246 e. The molecule has 0 unspecified atom stereocenters. The van der Waals surface area contributed by atoms with Crippen molar-refractivity contribution in [2.45, 2.75) is 12.5 Å². The van der Waals surface area contributed by atoms with Gasteiger partial charge in [0.05, 0.1) is 52.1 Å². The van der Waals surface area contributed by atoms with Crippen LogP contribution in [-0.4, -0.2) is 37.9 Å². The Bertz CT molecular complexity index is 983. The third-order valence-corrected chi connectivity index (χ3v) is 6.10. The first-order valence-electron chi connectivity index (χ1n) is 9.57. The second kappa shape index (κ2) is 9.54. The minimum Gasteiger partial charge on any atom is -0.492 e. The average molecular weight is 469 g/mol. The Hall–Kier alpha value is -1.83. The topological polar surface area (TPSA) is 72.0 Å². The predicted molar refractivity (Wildman–Crippen MR) is 118 cm³/mol. The fourth-order valence-electron chi connectivity index (χ4n) is 3.60. The Balaban J connectivity index is 1.56. The van der Waals surface area contributed by atoms with Crippen molar-refractivity contribution in [1.29, 1.82) is 0 Å². The molecule has 9 heteroatoms. The summed E-state index contributed by atoms with van der Waals surface area (Å²) in [7, 11) is 0. The molecule has 1 fully saturated rings. The Morgan fingerprint density at radius 1 is 1.13 bits per heavy atom. The van der Waals surface area contributed by atoms with Crippen molar-refractivity contribution >= 4 is 46.4 Å². The van der Waals surface area contributed by atoms with Crippen LogP contribution in [0.5, 0.6) is 5.75 Å². The number of nitrogens with zero attached hydrogens (tertiary/aromatic N) is 1. The summed E-state index contributed by atoms with van der Waals surface area (Å²) in [6, 6.07) is 10.9. The van der Waals surface area contributed by atoms with Crippen LogP contribution in [0.3, 0.4) is 0 Å².